The van der Waals surface area contributed by atoms with E-state index >= 15 is 0 Å². The Labute approximate surface area is 151 Å². The second-order valence-corrected chi connectivity index (χ2v) is 5.30. The predicted molar refractivity (Wildman–Crippen MR) is 87.3 cm³/mol. The van der Waals surface area contributed by atoms with Crippen molar-refractivity contribution >= 4 is 29.4 Å². The number of alkyl halides is 2. The fraction of sp³-hybridized carbons (Fsp3) is 0.118. The molecular weight excluding hydrogens is 372 g/mol. The largest absolute Gasteiger partial charge is 0.452 e. The lowest BCUT2D eigenvalue weighted by Crippen LogP contribution is -2.34. The summed E-state index contributed by atoms with van der Waals surface area (Å²) in [6.07, 6.45) is 0. The Morgan fingerprint density at radius 3 is 2.12 bits per heavy atom. The molecule has 2 amide bonds. The van der Waals surface area contributed by atoms with Crippen LogP contribution in [0.2, 0.25) is 5.02 Å². The first-order valence-electron chi connectivity index (χ1n) is 7.17. The number of nitrogens with one attached hydrogen (secondary N) is 1. The summed E-state index contributed by atoms with van der Waals surface area (Å²) in [6.45, 7) is -3.65. The van der Waals surface area contributed by atoms with Crippen molar-refractivity contribution in [2.24, 2.45) is 0 Å². The molecule has 0 aliphatic rings. The molecule has 2 aromatic rings. The van der Waals surface area contributed by atoms with Crippen LogP contribution in [-0.4, -0.2) is 31.0 Å². The van der Waals surface area contributed by atoms with Gasteiger partial charge in [-0.25, -0.2) is 4.79 Å². The van der Waals surface area contributed by atoms with Gasteiger partial charge < -0.3 is 9.47 Å². The molecule has 2 aromatic carbocycles. The molecular formula is C17H12ClF2NO5. The molecule has 1 N–H and O–H groups in total. The van der Waals surface area contributed by atoms with E-state index in [-0.39, 0.29) is 16.9 Å². The Morgan fingerprint density at radius 1 is 0.962 bits per heavy atom. The number of hydrogen-bond acceptors (Lipinski definition) is 5. The summed E-state index contributed by atoms with van der Waals surface area (Å²) in [4.78, 5) is 35.3. The molecule has 0 spiro atoms. The number of carbonyl (C=O) groups excluding carboxylic acids is 3. The average molecular weight is 384 g/mol. The molecule has 26 heavy (non-hydrogen) atoms. The monoisotopic (exact) mass is 383 g/mol. The molecule has 6 nitrogen and oxygen atoms in total. The highest BCUT2D eigenvalue weighted by Gasteiger charge is 2.14. The molecule has 136 valence electrons. The Kier molecular flexibility index (Phi) is 6.62. The number of carbonyl (C=O) groups is 3. The summed E-state index contributed by atoms with van der Waals surface area (Å²) < 4.78 is 33.0. The zero-order chi connectivity index (χ0) is 19.1. The van der Waals surface area contributed by atoms with Crippen molar-refractivity contribution in [3.8, 4) is 5.75 Å². The van der Waals surface area contributed by atoms with E-state index in [2.05, 4.69) is 4.74 Å². The number of rotatable bonds is 6. The zero-order valence-corrected chi connectivity index (χ0v) is 13.8. The summed E-state index contributed by atoms with van der Waals surface area (Å²) in [5, 5.41) is 2.45. The fourth-order valence-electron chi connectivity index (χ4n) is 1.82. The van der Waals surface area contributed by atoms with Crippen LogP contribution in [-0.2, 0) is 9.53 Å². The number of halogens is 3. The smallest absolute Gasteiger partial charge is 0.387 e. The van der Waals surface area contributed by atoms with E-state index in [0.29, 0.717) is 5.02 Å². The van der Waals surface area contributed by atoms with Crippen molar-refractivity contribution in [1.82, 2.24) is 5.32 Å². The minimum atomic E-state index is -2.98. The normalized spacial score (nSPS) is 10.3. The predicted octanol–water partition coefficient (Wildman–Crippen LogP) is 3.05. The average Bonchev–Trinajstić information content (AvgIpc) is 2.60. The minimum Gasteiger partial charge on any atom is -0.452 e. The zero-order valence-electron chi connectivity index (χ0n) is 13.1. The molecule has 0 unspecified atom stereocenters. The van der Waals surface area contributed by atoms with Crippen LogP contribution < -0.4 is 10.1 Å². The quantitative estimate of drug-likeness (QED) is 0.775. The molecule has 0 fully saturated rings. The van der Waals surface area contributed by atoms with E-state index in [4.69, 9.17) is 16.3 Å². The first-order chi connectivity index (χ1) is 12.3. The highest BCUT2D eigenvalue weighted by Crippen LogP contribution is 2.15. The van der Waals surface area contributed by atoms with E-state index in [0.717, 1.165) is 12.1 Å². The summed E-state index contributed by atoms with van der Waals surface area (Å²) in [7, 11) is 0. The maximum Gasteiger partial charge on any atom is 0.387 e. The molecule has 0 radical (unpaired) electrons. The van der Waals surface area contributed by atoms with Gasteiger partial charge in [-0.15, -0.1) is 0 Å². The number of amides is 2. The van der Waals surface area contributed by atoms with Crippen LogP contribution in [0.1, 0.15) is 20.7 Å². The lowest BCUT2D eigenvalue weighted by atomic mass is 10.2. The summed E-state index contributed by atoms with van der Waals surface area (Å²) in [5.41, 5.74) is 0.243. The van der Waals surface area contributed by atoms with E-state index < -0.39 is 31.0 Å². The van der Waals surface area contributed by atoms with Gasteiger partial charge in [0, 0.05) is 10.6 Å². The van der Waals surface area contributed by atoms with Gasteiger partial charge in [0.25, 0.3) is 11.8 Å². The lowest BCUT2D eigenvalue weighted by Gasteiger charge is -2.07. The van der Waals surface area contributed by atoms with Crippen LogP contribution in [0, 0.1) is 0 Å². The van der Waals surface area contributed by atoms with Gasteiger partial charge in [0.1, 0.15) is 5.75 Å². The second kappa shape index (κ2) is 8.91. The van der Waals surface area contributed by atoms with Crippen molar-refractivity contribution in [2.75, 3.05) is 6.61 Å². The van der Waals surface area contributed by atoms with Crippen molar-refractivity contribution in [1.29, 1.82) is 0 Å². The van der Waals surface area contributed by atoms with E-state index in [1.807, 2.05) is 5.32 Å². The standard InChI is InChI=1S/C17H12ClF2NO5/c18-12-5-1-11(2-6-12)16(24)25-9-14(22)21-15(23)10-3-7-13(8-4-10)26-17(19)20/h1-8,17H,9H2,(H,21,22,23). The first kappa shape index (κ1) is 19.3. The van der Waals surface area contributed by atoms with Gasteiger partial charge in [0.2, 0.25) is 0 Å². The Bertz CT molecular complexity index is 794. The SMILES string of the molecule is O=C(COC(=O)c1ccc(Cl)cc1)NC(=O)c1ccc(OC(F)F)cc1. The van der Waals surface area contributed by atoms with Crippen LogP contribution in [0.4, 0.5) is 8.78 Å². The summed E-state index contributed by atoms with van der Waals surface area (Å²) in [5.74, 6) is -2.50. The fourth-order valence-corrected chi connectivity index (χ4v) is 1.95. The van der Waals surface area contributed by atoms with Crippen LogP contribution >= 0.6 is 11.6 Å². The van der Waals surface area contributed by atoms with E-state index in [9.17, 15) is 23.2 Å². The van der Waals surface area contributed by atoms with Crippen molar-refractivity contribution < 1.29 is 32.6 Å². The third-order valence-electron chi connectivity index (χ3n) is 3.01. The molecule has 0 aromatic heterocycles. The Morgan fingerprint density at radius 2 is 1.54 bits per heavy atom. The van der Waals surface area contributed by atoms with Gasteiger partial charge in [0.15, 0.2) is 6.61 Å². The van der Waals surface area contributed by atoms with Crippen LogP contribution in [0.25, 0.3) is 0 Å². The lowest BCUT2D eigenvalue weighted by molar-refractivity contribution is -0.123. The Hall–Kier alpha value is -3.00. The van der Waals surface area contributed by atoms with Crippen molar-refractivity contribution in [3.63, 3.8) is 0 Å². The van der Waals surface area contributed by atoms with E-state index in [1.54, 1.807) is 0 Å². The van der Waals surface area contributed by atoms with E-state index in [1.165, 1.54) is 36.4 Å². The second-order valence-electron chi connectivity index (χ2n) is 4.86. The van der Waals surface area contributed by atoms with Crippen molar-refractivity contribution in [3.05, 3.63) is 64.7 Å². The third kappa shape index (κ3) is 5.82. The molecule has 2 rings (SSSR count). The van der Waals surface area contributed by atoms with Crippen LogP contribution in [0.5, 0.6) is 5.75 Å². The molecule has 0 bridgehead atoms. The topological polar surface area (TPSA) is 81.7 Å². The van der Waals surface area contributed by atoms with Crippen molar-refractivity contribution in [2.45, 2.75) is 6.61 Å². The number of hydrogen-bond donors (Lipinski definition) is 1. The molecule has 0 aliphatic heterocycles. The maximum absolute atomic E-state index is 12.0. The van der Waals surface area contributed by atoms with Gasteiger partial charge in [0.05, 0.1) is 5.56 Å². The first-order valence-corrected chi connectivity index (χ1v) is 7.54. The summed E-state index contributed by atoms with van der Waals surface area (Å²) >= 11 is 5.70. The highest BCUT2D eigenvalue weighted by atomic mass is 35.5. The third-order valence-corrected chi connectivity index (χ3v) is 3.26. The molecule has 0 saturated heterocycles. The van der Waals surface area contributed by atoms with Crippen LogP contribution in [0.3, 0.4) is 0 Å². The molecule has 0 heterocycles. The van der Waals surface area contributed by atoms with Crippen LogP contribution in [0.15, 0.2) is 48.5 Å². The number of ether oxygens (including phenoxy) is 2. The molecule has 0 atom stereocenters. The Balaban J connectivity index is 1.84. The maximum atomic E-state index is 12.0. The number of imide groups is 1. The van der Waals surface area contributed by atoms with Gasteiger partial charge in [-0.1, -0.05) is 11.6 Å². The van der Waals surface area contributed by atoms with Gasteiger partial charge >= 0.3 is 12.6 Å². The summed E-state index contributed by atoms with van der Waals surface area (Å²) in [6, 6.07) is 10.6. The number of benzene rings is 2. The molecule has 9 heteroatoms. The highest BCUT2D eigenvalue weighted by molar-refractivity contribution is 6.30. The van der Waals surface area contributed by atoms with Gasteiger partial charge in [-0.2, -0.15) is 8.78 Å². The van der Waals surface area contributed by atoms with Gasteiger partial charge in [-0.05, 0) is 48.5 Å². The number of esters is 1. The molecule has 0 saturated carbocycles. The van der Waals surface area contributed by atoms with Gasteiger partial charge in [-0.3, -0.25) is 14.9 Å². The molecule has 0 aliphatic carbocycles. The minimum absolute atomic E-state index is 0.0454.